The maximum absolute atomic E-state index is 12.3. The van der Waals surface area contributed by atoms with Gasteiger partial charge in [0, 0.05) is 13.0 Å². The van der Waals surface area contributed by atoms with Gasteiger partial charge >= 0.3 is 0 Å². The van der Waals surface area contributed by atoms with Crippen LogP contribution in [0.15, 0.2) is 24.3 Å². The zero-order chi connectivity index (χ0) is 15.0. The third kappa shape index (κ3) is 2.54. The molecule has 2 aromatic rings. The number of carbonyl (C=O) groups excluding carboxylic acids is 1. The van der Waals surface area contributed by atoms with Crippen LogP contribution in [-0.2, 0) is 4.84 Å². The molecule has 110 valence electrons. The van der Waals surface area contributed by atoms with Crippen molar-refractivity contribution in [1.29, 1.82) is 0 Å². The van der Waals surface area contributed by atoms with E-state index in [9.17, 15) is 4.79 Å². The highest BCUT2D eigenvalue weighted by molar-refractivity contribution is 5.92. The molecule has 0 atom stereocenters. The van der Waals surface area contributed by atoms with Crippen molar-refractivity contribution >= 4 is 5.91 Å². The molecule has 1 aromatic carbocycles. The van der Waals surface area contributed by atoms with Crippen LogP contribution >= 0.6 is 0 Å². The van der Waals surface area contributed by atoms with E-state index in [1.807, 2.05) is 31.2 Å². The zero-order valence-corrected chi connectivity index (χ0v) is 12.4. The molecule has 0 saturated heterocycles. The number of aromatic nitrogens is 3. The van der Waals surface area contributed by atoms with E-state index in [4.69, 9.17) is 4.84 Å². The van der Waals surface area contributed by atoms with Gasteiger partial charge < -0.3 is 0 Å². The van der Waals surface area contributed by atoms with Crippen LogP contribution in [0.5, 0.6) is 0 Å². The smallest absolute Gasteiger partial charge is 0.274 e. The number of rotatable bonds is 4. The first kappa shape index (κ1) is 13.8. The molecule has 21 heavy (non-hydrogen) atoms. The summed E-state index contributed by atoms with van der Waals surface area (Å²) < 4.78 is 1.77. The Morgan fingerprint density at radius 3 is 2.57 bits per heavy atom. The quantitative estimate of drug-likeness (QED) is 0.807. The van der Waals surface area contributed by atoms with Crippen LogP contribution < -0.4 is 0 Å². The highest BCUT2D eigenvalue weighted by Gasteiger charge is 2.35. The number of amides is 1. The number of hydrogen-bond donors (Lipinski definition) is 0. The topological polar surface area (TPSA) is 60.2 Å². The summed E-state index contributed by atoms with van der Waals surface area (Å²) in [6.07, 6.45) is 2.13. The lowest BCUT2D eigenvalue weighted by molar-refractivity contribution is -0.0761. The minimum absolute atomic E-state index is 0.266. The number of hydroxylamine groups is 2. The molecule has 0 aliphatic heterocycles. The van der Waals surface area contributed by atoms with Gasteiger partial charge in [0.05, 0.1) is 18.5 Å². The molecule has 0 spiro atoms. The van der Waals surface area contributed by atoms with Crippen molar-refractivity contribution in [3.8, 4) is 5.69 Å². The molecule has 1 fully saturated rings. The Morgan fingerprint density at radius 1 is 1.33 bits per heavy atom. The molecule has 0 bridgehead atoms. The van der Waals surface area contributed by atoms with E-state index < -0.39 is 0 Å². The lowest BCUT2D eigenvalue weighted by atomic mass is 10.2. The van der Waals surface area contributed by atoms with Crippen LogP contribution in [0.2, 0.25) is 0 Å². The molecule has 1 heterocycles. The minimum Gasteiger partial charge on any atom is -0.274 e. The maximum Gasteiger partial charge on any atom is 0.299 e. The Hall–Kier alpha value is -2.21. The summed E-state index contributed by atoms with van der Waals surface area (Å²) in [5.41, 5.74) is 3.37. The van der Waals surface area contributed by atoms with Gasteiger partial charge in [-0.25, -0.2) is 9.75 Å². The number of benzene rings is 1. The highest BCUT2D eigenvalue weighted by atomic mass is 16.7. The highest BCUT2D eigenvalue weighted by Crippen LogP contribution is 2.42. The van der Waals surface area contributed by atoms with Crippen molar-refractivity contribution in [2.24, 2.45) is 0 Å². The molecular formula is C15H18N4O2. The lowest BCUT2D eigenvalue weighted by Gasteiger charge is -2.13. The second-order valence-electron chi connectivity index (χ2n) is 5.33. The van der Waals surface area contributed by atoms with Gasteiger partial charge in [-0.15, -0.1) is 5.10 Å². The van der Waals surface area contributed by atoms with Gasteiger partial charge in [-0.3, -0.25) is 9.63 Å². The Kier molecular flexibility index (Phi) is 3.47. The summed E-state index contributed by atoms with van der Waals surface area (Å²) >= 11 is 0. The van der Waals surface area contributed by atoms with E-state index in [0.29, 0.717) is 11.6 Å². The lowest BCUT2D eigenvalue weighted by Crippen LogP contribution is -2.26. The summed E-state index contributed by atoms with van der Waals surface area (Å²) in [6, 6.07) is 8.03. The maximum atomic E-state index is 12.3. The molecule has 1 aromatic heterocycles. The van der Waals surface area contributed by atoms with E-state index in [1.165, 1.54) is 17.7 Å². The van der Waals surface area contributed by atoms with Crippen molar-refractivity contribution < 1.29 is 9.63 Å². The van der Waals surface area contributed by atoms with Crippen LogP contribution in [0.3, 0.4) is 0 Å². The average Bonchev–Trinajstić information content (AvgIpc) is 3.25. The van der Waals surface area contributed by atoms with Gasteiger partial charge in [-0.1, -0.05) is 22.9 Å². The number of carbonyl (C=O) groups is 1. The van der Waals surface area contributed by atoms with Crippen molar-refractivity contribution in [3.63, 3.8) is 0 Å². The number of hydrogen-bond acceptors (Lipinski definition) is 4. The average molecular weight is 286 g/mol. The molecule has 6 nitrogen and oxygen atoms in total. The normalized spacial score (nSPS) is 14.2. The second-order valence-corrected chi connectivity index (χ2v) is 5.33. The predicted octanol–water partition coefficient (Wildman–Crippen LogP) is 2.09. The molecule has 1 aliphatic rings. The van der Waals surface area contributed by atoms with Gasteiger partial charge in [0.15, 0.2) is 5.69 Å². The fraction of sp³-hybridized carbons (Fsp3) is 0.400. The minimum atomic E-state index is -0.266. The van der Waals surface area contributed by atoms with E-state index in [-0.39, 0.29) is 5.91 Å². The fourth-order valence-electron chi connectivity index (χ4n) is 2.27. The van der Waals surface area contributed by atoms with Crippen LogP contribution in [0.4, 0.5) is 0 Å². The van der Waals surface area contributed by atoms with Crippen molar-refractivity contribution in [2.45, 2.75) is 25.7 Å². The van der Waals surface area contributed by atoms with Crippen LogP contribution in [0.1, 0.15) is 40.5 Å². The molecule has 0 radical (unpaired) electrons. The Labute approximate surface area is 123 Å². The van der Waals surface area contributed by atoms with E-state index in [0.717, 1.165) is 24.2 Å². The predicted molar refractivity (Wildman–Crippen MR) is 77.2 cm³/mol. The summed E-state index contributed by atoms with van der Waals surface area (Å²) in [6.45, 7) is 2.04. The molecule has 0 N–H and O–H groups in total. The molecule has 1 aliphatic carbocycles. The Bertz CT molecular complexity index is 659. The van der Waals surface area contributed by atoms with Crippen LogP contribution in [0.25, 0.3) is 5.69 Å². The first-order chi connectivity index (χ1) is 10.1. The molecule has 1 saturated carbocycles. The Morgan fingerprint density at radius 2 is 2.00 bits per heavy atom. The first-order valence-electron chi connectivity index (χ1n) is 6.96. The third-order valence-electron chi connectivity index (χ3n) is 3.71. The monoisotopic (exact) mass is 286 g/mol. The summed E-state index contributed by atoms with van der Waals surface area (Å²) in [7, 11) is 3.03. The van der Waals surface area contributed by atoms with Crippen molar-refractivity contribution in [2.75, 3.05) is 14.2 Å². The van der Waals surface area contributed by atoms with Crippen LogP contribution in [-0.4, -0.2) is 40.1 Å². The molecular weight excluding hydrogens is 268 g/mol. The third-order valence-corrected chi connectivity index (χ3v) is 3.71. The number of nitrogens with zero attached hydrogens (tertiary/aromatic N) is 4. The number of aryl methyl sites for hydroxylation is 1. The SMILES string of the molecule is CON(C)C(=O)c1nnn(-c2ccc(C)cc2)c1C1CC1. The molecule has 6 heteroatoms. The standard InChI is InChI=1S/C15H18N4O2/c1-10-4-8-12(9-5-10)19-14(11-6-7-11)13(16-17-19)15(20)18(2)21-3/h4-5,8-9,11H,6-7H2,1-3H3. The summed E-state index contributed by atoms with van der Waals surface area (Å²) in [5, 5.41) is 9.44. The van der Waals surface area contributed by atoms with Gasteiger partial charge in [-0.05, 0) is 31.9 Å². The van der Waals surface area contributed by atoms with Gasteiger partial charge in [-0.2, -0.15) is 0 Å². The molecule has 3 rings (SSSR count). The summed E-state index contributed by atoms with van der Waals surface area (Å²) in [4.78, 5) is 17.3. The van der Waals surface area contributed by atoms with E-state index >= 15 is 0 Å². The van der Waals surface area contributed by atoms with Crippen LogP contribution in [0, 0.1) is 6.92 Å². The Balaban J connectivity index is 2.04. The van der Waals surface area contributed by atoms with E-state index in [2.05, 4.69) is 10.3 Å². The summed E-state index contributed by atoms with van der Waals surface area (Å²) in [5.74, 6) is 0.0864. The molecule has 0 unspecified atom stereocenters. The van der Waals surface area contributed by atoms with E-state index in [1.54, 1.807) is 11.7 Å². The zero-order valence-electron chi connectivity index (χ0n) is 12.4. The second kappa shape index (κ2) is 5.29. The van der Waals surface area contributed by atoms with Gasteiger partial charge in [0.2, 0.25) is 0 Å². The van der Waals surface area contributed by atoms with Gasteiger partial charge in [0.1, 0.15) is 0 Å². The fourth-order valence-corrected chi connectivity index (χ4v) is 2.27. The molecule has 1 amide bonds. The largest absolute Gasteiger partial charge is 0.299 e. The first-order valence-corrected chi connectivity index (χ1v) is 6.96. The van der Waals surface area contributed by atoms with Gasteiger partial charge in [0.25, 0.3) is 5.91 Å². The van der Waals surface area contributed by atoms with Crippen molar-refractivity contribution in [3.05, 3.63) is 41.2 Å². The van der Waals surface area contributed by atoms with Crippen molar-refractivity contribution in [1.82, 2.24) is 20.1 Å².